The molecule has 1 amide bonds. The summed E-state index contributed by atoms with van der Waals surface area (Å²) >= 11 is 0. The number of hydrogen-bond donors (Lipinski definition) is 0. The number of methoxy groups -OCH3 is 2. The van der Waals surface area contributed by atoms with Gasteiger partial charge in [-0.3, -0.25) is 24.5 Å². The molecule has 1 aliphatic rings. The van der Waals surface area contributed by atoms with Crippen molar-refractivity contribution in [2.45, 2.75) is 6.42 Å². The zero-order valence-electron chi connectivity index (χ0n) is 16.9. The molecule has 1 atom stereocenters. The molecule has 0 unspecified atom stereocenters. The number of nitro groups is 1. The van der Waals surface area contributed by atoms with Crippen LogP contribution < -0.4 is 14.4 Å². The lowest BCUT2D eigenvalue weighted by molar-refractivity contribution is -0.384. The Balaban J connectivity index is 1.64. The summed E-state index contributed by atoms with van der Waals surface area (Å²) in [5.74, 6) is -1.32. The normalized spacial score (nSPS) is 15.5. The van der Waals surface area contributed by atoms with Crippen molar-refractivity contribution in [3.05, 3.63) is 58.1 Å². The average Bonchev–Trinajstić information content (AvgIpc) is 3.18. The number of nitrogens with zero attached hydrogens (tertiary/aromatic N) is 2. The molecule has 0 aromatic heterocycles. The number of ether oxygens (including phenoxy) is 3. The van der Waals surface area contributed by atoms with E-state index in [1.165, 1.54) is 37.3 Å². The van der Waals surface area contributed by atoms with Crippen LogP contribution in [0, 0.1) is 16.0 Å². The summed E-state index contributed by atoms with van der Waals surface area (Å²) in [5, 5.41) is 10.8. The molecule has 1 aliphatic heterocycles. The summed E-state index contributed by atoms with van der Waals surface area (Å²) in [7, 11) is 2.97. The topological polar surface area (TPSA) is 125 Å². The number of nitro benzene ring substituents is 1. The maximum atomic E-state index is 12.5. The zero-order chi connectivity index (χ0) is 22.5. The van der Waals surface area contributed by atoms with Crippen molar-refractivity contribution in [2.24, 2.45) is 5.92 Å². The van der Waals surface area contributed by atoms with E-state index < -0.39 is 29.2 Å². The summed E-state index contributed by atoms with van der Waals surface area (Å²) < 4.78 is 15.5. The third kappa shape index (κ3) is 4.80. The van der Waals surface area contributed by atoms with E-state index in [1.54, 1.807) is 18.2 Å². The standard InChI is InChI=1S/C21H20N2O8/c1-29-16-6-7-17(19(10-16)30-2)22-11-14(9-20(22)25)21(26)31-12-18(24)13-4-3-5-15(8-13)23(27)28/h3-8,10,14H,9,11-12H2,1-2H3/t14-/m0/s1. The second kappa shape index (κ2) is 9.24. The minimum absolute atomic E-state index is 0.0640. The number of carbonyl (C=O) groups is 3. The number of rotatable bonds is 8. The van der Waals surface area contributed by atoms with Gasteiger partial charge >= 0.3 is 5.97 Å². The third-order valence-electron chi connectivity index (χ3n) is 4.86. The van der Waals surface area contributed by atoms with E-state index in [0.717, 1.165) is 6.07 Å². The molecule has 1 fully saturated rings. The van der Waals surface area contributed by atoms with Crippen molar-refractivity contribution in [2.75, 3.05) is 32.3 Å². The summed E-state index contributed by atoms with van der Waals surface area (Å²) in [6, 6.07) is 10.1. The van der Waals surface area contributed by atoms with E-state index in [1.807, 2.05) is 0 Å². The highest BCUT2D eigenvalue weighted by Gasteiger charge is 2.37. The van der Waals surface area contributed by atoms with E-state index in [2.05, 4.69) is 0 Å². The lowest BCUT2D eigenvalue weighted by Crippen LogP contribution is -2.27. The van der Waals surface area contributed by atoms with Crippen LogP contribution in [0.1, 0.15) is 16.8 Å². The number of anilines is 1. The van der Waals surface area contributed by atoms with Gasteiger partial charge in [0.25, 0.3) is 5.69 Å². The molecule has 0 bridgehead atoms. The number of non-ortho nitro benzene ring substituents is 1. The van der Waals surface area contributed by atoms with E-state index >= 15 is 0 Å². The molecule has 10 nitrogen and oxygen atoms in total. The first kappa shape index (κ1) is 21.8. The quantitative estimate of drug-likeness (QED) is 0.272. The van der Waals surface area contributed by atoms with Crippen LogP contribution >= 0.6 is 0 Å². The molecule has 10 heteroatoms. The van der Waals surface area contributed by atoms with Crippen molar-refractivity contribution in [3.8, 4) is 11.5 Å². The molecule has 0 aliphatic carbocycles. The molecule has 31 heavy (non-hydrogen) atoms. The van der Waals surface area contributed by atoms with Gasteiger partial charge in [-0.1, -0.05) is 12.1 Å². The Morgan fingerprint density at radius 3 is 2.61 bits per heavy atom. The van der Waals surface area contributed by atoms with Gasteiger partial charge in [0.2, 0.25) is 11.7 Å². The summed E-state index contributed by atoms with van der Waals surface area (Å²) in [6.07, 6.45) is -0.0704. The smallest absolute Gasteiger partial charge is 0.311 e. The van der Waals surface area contributed by atoms with Crippen LogP contribution in [0.15, 0.2) is 42.5 Å². The van der Waals surface area contributed by atoms with Crippen molar-refractivity contribution < 1.29 is 33.5 Å². The number of Topliss-reactive ketones (excluding diaryl/α,β-unsaturated/α-hetero) is 1. The van der Waals surface area contributed by atoms with Crippen molar-refractivity contribution in [1.29, 1.82) is 0 Å². The predicted octanol–water partition coefficient (Wildman–Crippen LogP) is 2.39. The first-order chi connectivity index (χ1) is 14.8. The Morgan fingerprint density at radius 2 is 1.94 bits per heavy atom. The van der Waals surface area contributed by atoms with Gasteiger partial charge in [-0.15, -0.1) is 0 Å². The first-order valence-corrected chi connectivity index (χ1v) is 9.30. The average molecular weight is 428 g/mol. The molecule has 0 N–H and O–H groups in total. The van der Waals surface area contributed by atoms with Gasteiger partial charge in [0.1, 0.15) is 11.5 Å². The van der Waals surface area contributed by atoms with Gasteiger partial charge in [-0.05, 0) is 12.1 Å². The van der Waals surface area contributed by atoms with Crippen molar-refractivity contribution in [3.63, 3.8) is 0 Å². The molecule has 2 aromatic rings. The Bertz CT molecular complexity index is 1040. The Kier molecular flexibility index (Phi) is 6.49. The van der Waals surface area contributed by atoms with Crippen LogP contribution in [-0.4, -0.2) is 50.0 Å². The maximum Gasteiger partial charge on any atom is 0.311 e. The highest BCUT2D eigenvalue weighted by molar-refractivity contribution is 6.02. The van der Waals surface area contributed by atoms with Crippen LogP contribution in [0.4, 0.5) is 11.4 Å². The summed E-state index contributed by atoms with van der Waals surface area (Å²) in [5.41, 5.74) is 0.327. The summed E-state index contributed by atoms with van der Waals surface area (Å²) in [4.78, 5) is 48.8. The van der Waals surface area contributed by atoms with Gasteiger partial charge in [-0.25, -0.2) is 0 Å². The fourth-order valence-electron chi connectivity index (χ4n) is 3.24. The van der Waals surface area contributed by atoms with Crippen LogP contribution in [0.3, 0.4) is 0 Å². The van der Waals surface area contributed by atoms with Crippen molar-refractivity contribution in [1.82, 2.24) is 0 Å². The van der Waals surface area contributed by atoms with Crippen LogP contribution in [0.2, 0.25) is 0 Å². The number of hydrogen-bond acceptors (Lipinski definition) is 8. The molecular formula is C21H20N2O8. The SMILES string of the molecule is COc1ccc(N2C[C@@H](C(=O)OCC(=O)c3cccc([N+](=O)[O-])c3)CC2=O)c(OC)c1. The lowest BCUT2D eigenvalue weighted by Gasteiger charge is -2.20. The van der Waals surface area contributed by atoms with E-state index in [9.17, 15) is 24.5 Å². The molecule has 1 saturated heterocycles. The van der Waals surface area contributed by atoms with Crippen molar-refractivity contribution >= 4 is 29.0 Å². The molecule has 0 radical (unpaired) electrons. The van der Waals surface area contributed by atoms with Gasteiger partial charge in [0.05, 0.1) is 30.7 Å². The number of carbonyl (C=O) groups excluding carboxylic acids is 3. The molecule has 2 aromatic carbocycles. The monoisotopic (exact) mass is 428 g/mol. The Hall–Kier alpha value is -3.95. The number of benzene rings is 2. The Labute approximate surface area is 177 Å². The predicted molar refractivity (Wildman–Crippen MR) is 108 cm³/mol. The van der Waals surface area contributed by atoms with Crippen LogP contribution in [0.25, 0.3) is 0 Å². The second-order valence-corrected chi connectivity index (χ2v) is 6.78. The number of ketones is 1. The van der Waals surface area contributed by atoms with Crippen LogP contribution in [-0.2, 0) is 14.3 Å². The second-order valence-electron chi connectivity index (χ2n) is 6.78. The van der Waals surface area contributed by atoms with Gasteiger partial charge in [0.15, 0.2) is 6.61 Å². The van der Waals surface area contributed by atoms with E-state index in [4.69, 9.17) is 14.2 Å². The van der Waals surface area contributed by atoms with E-state index in [0.29, 0.717) is 17.2 Å². The molecule has 0 spiro atoms. The lowest BCUT2D eigenvalue weighted by atomic mass is 10.1. The minimum atomic E-state index is -0.753. The Morgan fingerprint density at radius 1 is 1.16 bits per heavy atom. The van der Waals surface area contributed by atoms with Crippen LogP contribution in [0.5, 0.6) is 11.5 Å². The number of amides is 1. The molecule has 3 rings (SSSR count). The van der Waals surface area contributed by atoms with Gasteiger partial charge in [0, 0.05) is 36.7 Å². The largest absolute Gasteiger partial charge is 0.497 e. The third-order valence-corrected chi connectivity index (χ3v) is 4.86. The zero-order valence-corrected chi connectivity index (χ0v) is 16.9. The van der Waals surface area contributed by atoms with E-state index in [-0.39, 0.29) is 30.1 Å². The molecular weight excluding hydrogens is 408 g/mol. The molecule has 162 valence electrons. The first-order valence-electron chi connectivity index (χ1n) is 9.30. The summed E-state index contributed by atoms with van der Waals surface area (Å²) in [6.45, 7) is -0.498. The van der Waals surface area contributed by atoms with Gasteiger partial charge < -0.3 is 19.1 Å². The molecule has 0 saturated carbocycles. The van der Waals surface area contributed by atoms with Gasteiger partial charge in [-0.2, -0.15) is 0 Å². The highest BCUT2D eigenvalue weighted by atomic mass is 16.6. The maximum absolute atomic E-state index is 12.5. The number of esters is 1. The fraction of sp³-hybridized carbons (Fsp3) is 0.286. The molecule has 1 heterocycles. The fourth-order valence-corrected chi connectivity index (χ4v) is 3.24. The minimum Gasteiger partial charge on any atom is -0.497 e. The highest BCUT2D eigenvalue weighted by Crippen LogP contribution is 2.36.